The number of aliphatic carboxylic acids is 1. The molecule has 28 heavy (non-hydrogen) atoms. The Morgan fingerprint density at radius 2 is 2.18 bits per heavy atom. The van der Waals surface area contributed by atoms with Crippen molar-refractivity contribution in [1.29, 1.82) is 0 Å². The lowest BCUT2D eigenvalue weighted by Crippen LogP contribution is -2.12. The summed E-state index contributed by atoms with van der Waals surface area (Å²) < 4.78 is 5.36. The van der Waals surface area contributed by atoms with Gasteiger partial charge >= 0.3 is 5.97 Å². The van der Waals surface area contributed by atoms with Crippen molar-refractivity contribution in [2.45, 2.75) is 6.42 Å². The van der Waals surface area contributed by atoms with Crippen LogP contribution >= 0.6 is 11.6 Å². The van der Waals surface area contributed by atoms with E-state index in [1.807, 2.05) is 18.2 Å². The van der Waals surface area contributed by atoms with Gasteiger partial charge < -0.3 is 20.1 Å². The molecule has 9 nitrogen and oxygen atoms in total. The van der Waals surface area contributed by atoms with Gasteiger partial charge in [0.25, 0.3) is 0 Å². The average molecular weight is 399 g/mol. The number of carboxylic acids is 1. The van der Waals surface area contributed by atoms with Crippen molar-refractivity contribution in [2.24, 2.45) is 0 Å². The number of H-pyrrole nitrogens is 1. The number of hydrogen-bond donors (Lipinski definition) is 3. The van der Waals surface area contributed by atoms with E-state index < -0.39 is 12.6 Å². The highest BCUT2D eigenvalue weighted by molar-refractivity contribution is 6.36. The van der Waals surface area contributed by atoms with Crippen LogP contribution in [0.3, 0.4) is 0 Å². The van der Waals surface area contributed by atoms with Crippen LogP contribution in [0, 0.1) is 0 Å². The summed E-state index contributed by atoms with van der Waals surface area (Å²) in [6, 6.07) is 7.32. The van der Waals surface area contributed by atoms with E-state index in [1.165, 1.54) is 6.33 Å². The van der Waals surface area contributed by atoms with Gasteiger partial charge in [0, 0.05) is 18.7 Å². The van der Waals surface area contributed by atoms with Crippen LogP contribution in [0.15, 0.2) is 36.9 Å². The molecule has 3 N–H and O–H groups in total. The molecule has 3 aromatic heterocycles. The van der Waals surface area contributed by atoms with Gasteiger partial charge in [-0.1, -0.05) is 23.7 Å². The average Bonchev–Trinajstić information content (AvgIpc) is 3.16. The van der Waals surface area contributed by atoms with Gasteiger partial charge in [-0.3, -0.25) is 0 Å². The molecule has 0 saturated heterocycles. The molecule has 0 amide bonds. The predicted octanol–water partition coefficient (Wildman–Crippen LogP) is 2.67. The van der Waals surface area contributed by atoms with Crippen LogP contribution in [0.2, 0.25) is 5.02 Å². The van der Waals surface area contributed by atoms with Crippen LogP contribution in [-0.2, 0) is 11.2 Å². The Bertz CT molecular complexity index is 1160. The predicted molar refractivity (Wildman–Crippen MR) is 104 cm³/mol. The van der Waals surface area contributed by atoms with Crippen LogP contribution in [0.4, 0.5) is 5.82 Å². The largest absolute Gasteiger partial charge is 0.479 e. The van der Waals surface area contributed by atoms with Crippen molar-refractivity contribution in [3.05, 3.63) is 47.6 Å². The Morgan fingerprint density at radius 1 is 1.29 bits per heavy atom. The Hall–Kier alpha value is -3.46. The smallest absolute Gasteiger partial charge is 0.341 e. The molecule has 10 heteroatoms. The standard InChI is InChI=1S/C18H15ClN6O3/c19-12-3-1-2-10-6-11(25-18(14(10)12)28-7-13(26)27)4-5-20-16-15-17(22-8-21-15)24-9-23-16/h1-3,6,8-9H,4-5,7H2,(H,26,27)(H2,20,21,22,23,24). The van der Waals surface area contributed by atoms with Crippen LogP contribution in [0.1, 0.15) is 5.69 Å². The molecule has 142 valence electrons. The first-order valence-corrected chi connectivity index (χ1v) is 8.80. The lowest BCUT2D eigenvalue weighted by molar-refractivity contribution is -0.139. The molecule has 0 fully saturated rings. The van der Waals surface area contributed by atoms with Gasteiger partial charge in [0.1, 0.15) is 11.8 Å². The summed E-state index contributed by atoms with van der Waals surface area (Å²) in [5.74, 6) is -0.228. The number of imidazole rings is 1. The fraction of sp³-hybridized carbons (Fsp3) is 0.167. The van der Waals surface area contributed by atoms with E-state index in [-0.39, 0.29) is 5.88 Å². The van der Waals surface area contributed by atoms with Crippen molar-refractivity contribution in [3.8, 4) is 5.88 Å². The van der Waals surface area contributed by atoms with E-state index in [4.69, 9.17) is 21.4 Å². The lowest BCUT2D eigenvalue weighted by atomic mass is 10.1. The summed E-state index contributed by atoms with van der Waals surface area (Å²) in [6.45, 7) is 0.0519. The first kappa shape index (κ1) is 17.9. The maximum Gasteiger partial charge on any atom is 0.341 e. The van der Waals surface area contributed by atoms with Crippen LogP contribution in [0.5, 0.6) is 5.88 Å². The third-order valence-corrected chi connectivity index (χ3v) is 4.37. The summed E-state index contributed by atoms with van der Waals surface area (Å²) in [5, 5.41) is 14.0. The van der Waals surface area contributed by atoms with E-state index in [2.05, 4.69) is 30.2 Å². The van der Waals surface area contributed by atoms with Gasteiger partial charge in [0.15, 0.2) is 18.1 Å². The first-order valence-electron chi connectivity index (χ1n) is 8.42. The summed E-state index contributed by atoms with van der Waals surface area (Å²) >= 11 is 6.26. The molecular weight excluding hydrogens is 384 g/mol. The van der Waals surface area contributed by atoms with Gasteiger partial charge in [0.05, 0.1) is 16.7 Å². The van der Waals surface area contributed by atoms with Crippen LogP contribution < -0.4 is 10.1 Å². The number of halogens is 1. The summed E-state index contributed by atoms with van der Waals surface area (Å²) in [7, 11) is 0. The molecule has 0 atom stereocenters. The number of hydrogen-bond acceptors (Lipinski definition) is 7. The minimum Gasteiger partial charge on any atom is -0.479 e. The number of rotatable bonds is 7. The monoisotopic (exact) mass is 398 g/mol. The Balaban J connectivity index is 1.56. The van der Waals surface area contributed by atoms with Crippen molar-refractivity contribution < 1.29 is 14.6 Å². The van der Waals surface area contributed by atoms with Crippen molar-refractivity contribution >= 4 is 45.3 Å². The zero-order chi connectivity index (χ0) is 19.5. The molecule has 0 aliphatic heterocycles. The molecule has 0 bridgehead atoms. The van der Waals surface area contributed by atoms with Gasteiger partial charge in [-0.15, -0.1) is 0 Å². The van der Waals surface area contributed by atoms with E-state index in [9.17, 15) is 4.79 Å². The topological polar surface area (TPSA) is 126 Å². The molecule has 0 saturated carbocycles. The number of anilines is 1. The Kier molecular flexibility index (Phi) is 4.90. The molecule has 0 unspecified atom stereocenters. The van der Waals surface area contributed by atoms with Gasteiger partial charge in [-0.05, 0) is 17.5 Å². The normalized spacial score (nSPS) is 11.0. The number of pyridine rings is 1. The number of aromatic nitrogens is 5. The van der Waals surface area contributed by atoms with E-state index in [0.29, 0.717) is 34.8 Å². The number of carbonyl (C=O) groups is 1. The fourth-order valence-corrected chi connectivity index (χ4v) is 3.12. The molecule has 4 rings (SSSR count). The SMILES string of the molecule is O=C(O)COc1nc(CCNc2ncnc3nc[nH]c23)cc2cccc(Cl)c12. The van der Waals surface area contributed by atoms with Crippen LogP contribution in [-0.4, -0.2) is 49.1 Å². The van der Waals surface area contributed by atoms with E-state index in [1.54, 1.807) is 12.4 Å². The highest BCUT2D eigenvalue weighted by atomic mass is 35.5. The minimum absolute atomic E-state index is 0.207. The first-order chi connectivity index (χ1) is 13.6. The van der Waals surface area contributed by atoms with E-state index in [0.717, 1.165) is 16.6 Å². The van der Waals surface area contributed by atoms with Gasteiger partial charge in [-0.25, -0.2) is 24.7 Å². The lowest BCUT2D eigenvalue weighted by Gasteiger charge is -2.11. The number of benzene rings is 1. The molecule has 0 aliphatic rings. The third kappa shape index (κ3) is 3.65. The summed E-state index contributed by atoms with van der Waals surface area (Å²) in [4.78, 5) is 30.7. The Morgan fingerprint density at radius 3 is 3.04 bits per heavy atom. The number of ether oxygens (including phenoxy) is 1. The zero-order valence-corrected chi connectivity index (χ0v) is 15.3. The molecule has 0 aliphatic carbocycles. The number of nitrogens with one attached hydrogen (secondary N) is 2. The second-order valence-electron chi connectivity index (χ2n) is 5.94. The van der Waals surface area contributed by atoms with E-state index >= 15 is 0 Å². The number of nitrogens with zero attached hydrogens (tertiary/aromatic N) is 4. The van der Waals surface area contributed by atoms with Gasteiger partial charge in [0.2, 0.25) is 5.88 Å². The van der Waals surface area contributed by atoms with Gasteiger partial charge in [-0.2, -0.15) is 0 Å². The number of carboxylic acid groups (broad SMARTS) is 1. The van der Waals surface area contributed by atoms with Crippen molar-refractivity contribution in [3.63, 3.8) is 0 Å². The van der Waals surface area contributed by atoms with Crippen molar-refractivity contribution in [2.75, 3.05) is 18.5 Å². The molecular formula is C18H15ClN6O3. The molecule has 0 spiro atoms. The minimum atomic E-state index is -1.08. The molecule has 1 aromatic carbocycles. The molecule has 4 aromatic rings. The highest BCUT2D eigenvalue weighted by Gasteiger charge is 2.12. The second kappa shape index (κ2) is 7.65. The zero-order valence-electron chi connectivity index (χ0n) is 14.5. The third-order valence-electron chi connectivity index (χ3n) is 4.06. The maximum atomic E-state index is 10.9. The van der Waals surface area contributed by atoms with Crippen molar-refractivity contribution in [1.82, 2.24) is 24.9 Å². The summed E-state index contributed by atoms with van der Waals surface area (Å²) in [6.07, 6.45) is 3.57. The molecule has 3 heterocycles. The molecule has 0 radical (unpaired) electrons. The second-order valence-corrected chi connectivity index (χ2v) is 6.35. The quantitative estimate of drug-likeness (QED) is 0.433. The fourth-order valence-electron chi connectivity index (χ4n) is 2.86. The van der Waals surface area contributed by atoms with Crippen LogP contribution in [0.25, 0.3) is 21.9 Å². The maximum absolute atomic E-state index is 10.9. The number of aromatic amines is 1. The highest BCUT2D eigenvalue weighted by Crippen LogP contribution is 2.31. The Labute approximate surface area is 163 Å². The number of fused-ring (bicyclic) bond motifs is 2. The summed E-state index contributed by atoms with van der Waals surface area (Å²) in [5.41, 5.74) is 2.05.